The van der Waals surface area contributed by atoms with Crippen LogP contribution in [0.2, 0.25) is 18.6 Å². The van der Waals surface area contributed by atoms with E-state index in [4.69, 9.17) is 0 Å². The maximum Gasteiger partial charge on any atom is 0.0915 e. The van der Waals surface area contributed by atoms with Gasteiger partial charge in [-0.05, 0) is 25.9 Å². The first-order valence-electron chi connectivity index (χ1n) is 5.32. The molecule has 0 saturated heterocycles. The Balaban J connectivity index is 2.30. The molecule has 1 aromatic rings. The summed E-state index contributed by atoms with van der Waals surface area (Å²) in [7, 11) is -1.16. The van der Waals surface area contributed by atoms with Crippen LogP contribution in [0.1, 0.15) is 13.8 Å². The summed E-state index contributed by atoms with van der Waals surface area (Å²) in [5, 5.41) is 1.62. The lowest BCUT2D eigenvalue weighted by Crippen LogP contribution is -2.42. The molecular weight excluding hydrogens is 184 g/mol. The van der Waals surface area contributed by atoms with E-state index in [2.05, 4.69) is 50.7 Å². The summed E-state index contributed by atoms with van der Waals surface area (Å²) in [5.41, 5.74) is 3.28. The molecule has 0 saturated carbocycles. The first-order chi connectivity index (χ1) is 6.62. The van der Waals surface area contributed by atoms with E-state index < -0.39 is 8.07 Å². The molecule has 1 heterocycles. The van der Waals surface area contributed by atoms with E-state index in [1.54, 1.807) is 16.3 Å². The Morgan fingerprint density at radius 3 is 1.93 bits per heavy atom. The average molecular weight is 202 g/mol. The second-order valence-corrected chi connectivity index (χ2v) is 9.25. The minimum Gasteiger partial charge on any atom is -0.0770 e. The minimum atomic E-state index is -1.16. The highest BCUT2D eigenvalue weighted by atomic mass is 28.3. The molecule has 74 valence electrons. The fourth-order valence-electron chi connectivity index (χ4n) is 2.58. The van der Waals surface area contributed by atoms with Gasteiger partial charge in [-0.3, -0.25) is 0 Å². The largest absolute Gasteiger partial charge is 0.0915 e. The maximum absolute atomic E-state index is 2.52. The maximum atomic E-state index is 2.52. The molecule has 0 aliphatic carbocycles. The van der Waals surface area contributed by atoms with Crippen LogP contribution < -0.4 is 5.19 Å². The third kappa shape index (κ3) is 1.57. The second kappa shape index (κ2) is 3.39. The van der Waals surface area contributed by atoms with E-state index in [-0.39, 0.29) is 0 Å². The van der Waals surface area contributed by atoms with Gasteiger partial charge in [-0.1, -0.05) is 53.2 Å². The number of hydrogen-bond acceptors (Lipinski definition) is 0. The van der Waals surface area contributed by atoms with Gasteiger partial charge in [-0.25, -0.2) is 0 Å². The van der Waals surface area contributed by atoms with Gasteiger partial charge < -0.3 is 0 Å². The molecule has 0 atom stereocenters. The fourth-order valence-corrected chi connectivity index (χ4v) is 7.05. The molecule has 0 unspecified atom stereocenters. The van der Waals surface area contributed by atoms with Gasteiger partial charge in [0, 0.05) is 0 Å². The van der Waals surface area contributed by atoms with Crippen molar-refractivity contribution in [2.45, 2.75) is 32.5 Å². The van der Waals surface area contributed by atoms with Crippen LogP contribution in [-0.2, 0) is 0 Å². The van der Waals surface area contributed by atoms with Crippen LogP contribution >= 0.6 is 0 Å². The molecule has 14 heavy (non-hydrogen) atoms. The molecule has 1 heteroatoms. The molecule has 1 aliphatic heterocycles. The molecule has 0 nitrogen and oxygen atoms in total. The zero-order valence-corrected chi connectivity index (χ0v) is 10.3. The quantitative estimate of drug-likeness (QED) is 0.484. The summed E-state index contributed by atoms with van der Waals surface area (Å²) in [6.07, 6.45) is 0. The Labute approximate surface area is 87.7 Å². The van der Waals surface area contributed by atoms with Gasteiger partial charge in [-0.2, -0.15) is 0 Å². The van der Waals surface area contributed by atoms with Crippen LogP contribution in [0.3, 0.4) is 0 Å². The molecule has 0 aromatic heterocycles. The molecule has 0 amide bonds. The van der Waals surface area contributed by atoms with Crippen molar-refractivity contribution in [3.63, 3.8) is 0 Å². The molecule has 1 aliphatic rings. The lowest BCUT2D eigenvalue weighted by atomic mass is 10.2. The first kappa shape index (κ1) is 9.72. The van der Waals surface area contributed by atoms with Gasteiger partial charge in [0.05, 0.1) is 8.07 Å². The molecule has 0 bridgehead atoms. The normalized spacial score (nSPS) is 20.2. The van der Waals surface area contributed by atoms with Crippen LogP contribution in [-0.4, -0.2) is 8.07 Å². The van der Waals surface area contributed by atoms with Crippen LogP contribution in [0.25, 0.3) is 0 Å². The number of allylic oxidation sites excluding steroid dienone is 2. The topological polar surface area (TPSA) is 0 Å². The molecular formula is C13H18Si. The highest BCUT2D eigenvalue weighted by Gasteiger charge is 2.34. The highest BCUT2D eigenvalue weighted by Crippen LogP contribution is 2.34. The second-order valence-electron chi connectivity index (χ2n) is 4.84. The molecule has 0 fully saturated rings. The number of rotatable bonds is 1. The Morgan fingerprint density at radius 1 is 0.929 bits per heavy atom. The molecule has 0 radical (unpaired) electrons. The third-order valence-electron chi connectivity index (χ3n) is 3.51. The Morgan fingerprint density at radius 2 is 1.43 bits per heavy atom. The van der Waals surface area contributed by atoms with E-state index in [9.17, 15) is 0 Å². The van der Waals surface area contributed by atoms with Crippen LogP contribution in [0.4, 0.5) is 0 Å². The van der Waals surface area contributed by atoms with E-state index in [0.29, 0.717) is 0 Å². The van der Waals surface area contributed by atoms with Crippen molar-refractivity contribution in [1.82, 2.24) is 0 Å². The molecule has 1 aromatic carbocycles. The van der Waals surface area contributed by atoms with Crippen LogP contribution in [0.5, 0.6) is 0 Å². The van der Waals surface area contributed by atoms with Crippen molar-refractivity contribution in [2.75, 3.05) is 0 Å². The fraction of sp³-hybridized carbons (Fsp3) is 0.385. The van der Waals surface area contributed by atoms with Crippen LogP contribution in [0.15, 0.2) is 41.5 Å². The lowest BCUT2D eigenvalue weighted by molar-refractivity contribution is 1.28. The average Bonchev–Trinajstić information content (AvgIpc) is 2.44. The Bertz CT molecular complexity index is 348. The summed E-state index contributed by atoms with van der Waals surface area (Å²) < 4.78 is 0. The van der Waals surface area contributed by atoms with Gasteiger partial charge in [-0.15, -0.1) is 0 Å². The standard InChI is InChI=1S/C13H18Si/c1-11-9-14(3,10-12(11)2)13-7-5-4-6-8-13/h4-8H,9-10H2,1-3H3. The number of benzene rings is 1. The van der Waals surface area contributed by atoms with Crippen molar-refractivity contribution >= 4 is 13.3 Å². The van der Waals surface area contributed by atoms with Gasteiger partial charge in [0.1, 0.15) is 0 Å². The van der Waals surface area contributed by atoms with Gasteiger partial charge in [0.2, 0.25) is 0 Å². The smallest absolute Gasteiger partial charge is 0.0770 e. The van der Waals surface area contributed by atoms with E-state index in [0.717, 1.165) is 0 Å². The summed E-state index contributed by atoms with van der Waals surface area (Å²) >= 11 is 0. The minimum absolute atomic E-state index is 1.16. The van der Waals surface area contributed by atoms with E-state index in [1.807, 2.05) is 0 Å². The van der Waals surface area contributed by atoms with Crippen LogP contribution in [0, 0.1) is 0 Å². The van der Waals surface area contributed by atoms with Crippen molar-refractivity contribution in [3.8, 4) is 0 Å². The first-order valence-corrected chi connectivity index (χ1v) is 8.24. The van der Waals surface area contributed by atoms with E-state index >= 15 is 0 Å². The summed E-state index contributed by atoms with van der Waals surface area (Å²) in [6, 6.07) is 13.8. The SMILES string of the molecule is CC1=C(C)C[Si](C)(c2ccccc2)C1. The highest BCUT2D eigenvalue weighted by molar-refractivity contribution is 6.92. The lowest BCUT2D eigenvalue weighted by Gasteiger charge is -2.22. The Hall–Kier alpha value is -0.823. The van der Waals surface area contributed by atoms with Crippen molar-refractivity contribution in [1.29, 1.82) is 0 Å². The van der Waals surface area contributed by atoms with Crippen molar-refractivity contribution in [3.05, 3.63) is 41.5 Å². The summed E-state index contributed by atoms with van der Waals surface area (Å²) in [4.78, 5) is 0. The summed E-state index contributed by atoms with van der Waals surface area (Å²) in [5.74, 6) is 0. The summed E-state index contributed by atoms with van der Waals surface area (Å²) in [6.45, 7) is 7.12. The van der Waals surface area contributed by atoms with Crippen molar-refractivity contribution < 1.29 is 0 Å². The number of hydrogen-bond donors (Lipinski definition) is 0. The molecule has 0 spiro atoms. The predicted octanol–water partition coefficient (Wildman–Crippen LogP) is 3.32. The zero-order valence-electron chi connectivity index (χ0n) is 9.30. The monoisotopic (exact) mass is 202 g/mol. The predicted molar refractivity (Wildman–Crippen MR) is 65.7 cm³/mol. The third-order valence-corrected chi connectivity index (χ3v) is 7.86. The molecule has 0 N–H and O–H groups in total. The van der Waals surface area contributed by atoms with E-state index in [1.165, 1.54) is 12.1 Å². The van der Waals surface area contributed by atoms with Crippen molar-refractivity contribution in [2.24, 2.45) is 0 Å². The zero-order chi connectivity index (χ0) is 10.2. The molecule has 2 rings (SSSR count). The Kier molecular flexibility index (Phi) is 2.36. The van der Waals surface area contributed by atoms with Gasteiger partial charge in [0.25, 0.3) is 0 Å². The van der Waals surface area contributed by atoms with Gasteiger partial charge >= 0.3 is 0 Å². The van der Waals surface area contributed by atoms with Gasteiger partial charge in [0.15, 0.2) is 0 Å².